The molecule has 2 aromatic carbocycles. The van der Waals surface area contributed by atoms with Gasteiger partial charge in [-0.05, 0) is 74.0 Å². The summed E-state index contributed by atoms with van der Waals surface area (Å²) in [5, 5.41) is 6.01. The molecule has 0 aliphatic rings. The molecule has 3 aromatic rings. The summed E-state index contributed by atoms with van der Waals surface area (Å²) in [6.07, 6.45) is 0. The Morgan fingerprint density at radius 3 is 2.27 bits per heavy atom. The SMILES string of the molecule is CC(C)(C)S(=O)(=O)Nc1ccc(C(=O)Nc2ccc3ccsc3c2)cc1. The van der Waals surface area contributed by atoms with E-state index in [-0.39, 0.29) is 5.91 Å². The second kappa shape index (κ2) is 6.74. The van der Waals surface area contributed by atoms with Crippen molar-refractivity contribution in [2.24, 2.45) is 0 Å². The van der Waals surface area contributed by atoms with Crippen LogP contribution in [0.1, 0.15) is 31.1 Å². The lowest BCUT2D eigenvalue weighted by atomic mass is 10.2. The second-order valence-electron chi connectivity index (χ2n) is 6.92. The molecule has 0 saturated heterocycles. The van der Waals surface area contributed by atoms with Crippen LogP contribution in [0.3, 0.4) is 0 Å². The molecule has 0 atom stereocenters. The summed E-state index contributed by atoms with van der Waals surface area (Å²) in [5.41, 5.74) is 1.61. The molecule has 0 fully saturated rings. The monoisotopic (exact) mass is 388 g/mol. The zero-order valence-corrected chi connectivity index (χ0v) is 16.4. The van der Waals surface area contributed by atoms with Gasteiger partial charge in [0.1, 0.15) is 0 Å². The maximum absolute atomic E-state index is 12.4. The first-order valence-corrected chi connectivity index (χ1v) is 10.4. The van der Waals surface area contributed by atoms with Crippen LogP contribution in [-0.4, -0.2) is 19.1 Å². The third-order valence-electron chi connectivity index (χ3n) is 3.92. The average Bonchev–Trinajstić information content (AvgIpc) is 3.01. The van der Waals surface area contributed by atoms with E-state index in [1.54, 1.807) is 56.4 Å². The summed E-state index contributed by atoms with van der Waals surface area (Å²) < 4.78 is 27.1. The van der Waals surface area contributed by atoms with Gasteiger partial charge in [-0.2, -0.15) is 0 Å². The highest BCUT2D eigenvalue weighted by Gasteiger charge is 2.28. The van der Waals surface area contributed by atoms with Crippen molar-refractivity contribution in [2.45, 2.75) is 25.5 Å². The highest BCUT2D eigenvalue weighted by Crippen LogP contribution is 2.25. The number of thiophene rings is 1. The summed E-state index contributed by atoms with van der Waals surface area (Å²) in [7, 11) is -3.50. The van der Waals surface area contributed by atoms with E-state index in [2.05, 4.69) is 10.0 Å². The second-order valence-corrected chi connectivity index (χ2v) is 10.3. The standard InChI is InChI=1S/C19H20N2O3S2/c1-19(2,3)26(23,24)21-15-7-5-14(6-8-15)18(22)20-16-9-4-13-10-11-25-17(13)12-16/h4-12,21H,1-3H3,(H,20,22). The molecule has 1 amide bonds. The molecular formula is C19H20N2O3S2. The number of benzene rings is 2. The molecule has 1 aromatic heterocycles. The zero-order valence-electron chi connectivity index (χ0n) is 14.7. The number of anilines is 2. The Morgan fingerprint density at radius 1 is 0.962 bits per heavy atom. The van der Waals surface area contributed by atoms with E-state index in [9.17, 15) is 13.2 Å². The number of hydrogen-bond acceptors (Lipinski definition) is 4. The molecule has 0 bridgehead atoms. The van der Waals surface area contributed by atoms with Crippen molar-refractivity contribution in [3.8, 4) is 0 Å². The maximum Gasteiger partial charge on any atom is 0.255 e. The molecule has 0 unspecified atom stereocenters. The lowest BCUT2D eigenvalue weighted by Gasteiger charge is -2.20. The summed E-state index contributed by atoms with van der Waals surface area (Å²) >= 11 is 1.62. The quantitative estimate of drug-likeness (QED) is 0.680. The Morgan fingerprint density at radius 2 is 1.62 bits per heavy atom. The van der Waals surface area contributed by atoms with E-state index in [0.29, 0.717) is 11.3 Å². The van der Waals surface area contributed by atoms with Crippen LogP contribution >= 0.6 is 11.3 Å². The van der Waals surface area contributed by atoms with Crippen molar-refractivity contribution in [1.29, 1.82) is 0 Å². The Hall–Kier alpha value is -2.38. The van der Waals surface area contributed by atoms with Gasteiger partial charge in [-0.25, -0.2) is 8.42 Å². The molecule has 2 N–H and O–H groups in total. The first-order valence-electron chi connectivity index (χ1n) is 8.07. The number of sulfonamides is 1. The van der Waals surface area contributed by atoms with Crippen LogP contribution in [0.25, 0.3) is 10.1 Å². The predicted octanol–water partition coefficient (Wildman–Crippen LogP) is 4.69. The van der Waals surface area contributed by atoms with Crippen molar-refractivity contribution in [3.05, 3.63) is 59.5 Å². The molecule has 3 rings (SSSR count). The van der Waals surface area contributed by atoms with E-state index >= 15 is 0 Å². The van der Waals surface area contributed by atoms with Crippen LogP contribution in [0.4, 0.5) is 11.4 Å². The first-order chi connectivity index (χ1) is 12.2. The Labute approximate surface area is 157 Å². The van der Waals surface area contributed by atoms with Crippen LogP contribution in [0.2, 0.25) is 0 Å². The largest absolute Gasteiger partial charge is 0.322 e. The highest BCUT2D eigenvalue weighted by molar-refractivity contribution is 7.94. The number of carbonyl (C=O) groups excluding carboxylic acids is 1. The number of nitrogens with one attached hydrogen (secondary N) is 2. The number of carbonyl (C=O) groups is 1. The fourth-order valence-corrected chi connectivity index (χ4v) is 3.81. The molecule has 5 nitrogen and oxygen atoms in total. The van der Waals surface area contributed by atoms with Gasteiger partial charge >= 0.3 is 0 Å². The fraction of sp³-hybridized carbons (Fsp3) is 0.211. The number of hydrogen-bond donors (Lipinski definition) is 2. The average molecular weight is 389 g/mol. The van der Waals surface area contributed by atoms with Gasteiger partial charge in [0, 0.05) is 21.6 Å². The number of fused-ring (bicyclic) bond motifs is 1. The Bertz CT molecular complexity index is 1050. The van der Waals surface area contributed by atoms with Gasteiger partial charge in [-0.15, -0.1) is 11.3 Å². The van der Waals surface area contributed by atoms with Crippen LogP contribution in [0, 0.1) is 0 Å². The van der Waals surface area contributed by atoms with E-state index < -0.39 is 14.8 Å². The van der Waals surface area contributed by atoms with Gasteiger partial charge in [0.15, 0.2) is 0 Å². The molecule has 136 valence electrons. The van der Waals surface area contributed by atoms with Crippen LogP contribution in [0.5, 0.6) is 0 Å². The van der Waals surface area contributed by atoms with Gasteiger partial charge in [0.05, 0.1) is 4.75 Å². The van der Waals surface area contributed by atoms with Crippen molar-refractivity contribution in [3.63, 3.8) is 0 Å². The summed E-state index contributed by atoms with van der Waals surface area (Å²) in [6, 6.07) is 14.2. The molecule has 0 spiro atoms. The van der Waals surface area contributed by atoms with Crippen LogP contribution < -0.4 is 10.0 Å². The van der Waals surface area contributed by atoms with Crippen molar-refractivity contribution in [2.75, 3.05) is 10.0 Å². The van der Waals surface area contributed by atoms with E-state index in [1.165, 1.54) is 0 Å². The minimum absolute atomic E-state index is 0.244. The molecule has 0 saturated carbocycles. The summed E-state index contributed by atoms with van der Waals surface area (Å²) in [5.74, 6) is -0.244. The molecule has 0 aliphatic heterocycles. The molecule has 0 aliphatic carbocycles. The van der Waals surface area contributed by atoms with Crippen molar-refractivity contribution < 1.29 is 13.2 Å². The lowest BCUT2D eigenvalue weighted by Crippen LogP contribution is -2.33. The Kier molecular flexibility index (Phi) is 4.77. The molecule has 0 radical (unpaired) electrons. The highest BCUT2D eigenvalue weighted by atomic mass is 32.2. The smallest absolute Gasteiger partial charge is 0.255 e. The number of amides is 1. The van der Waals surface area contributed by atoms with Crippen LogP contribution in [0.15, 0.2) is 53.9 Å². The molecule has 26 heavy (non-hydrogen) atoms. The molecule has 1 heterocycles. The topological polar surface area (TPSA) is 75.3 Å². The van der Waals surface area contributed by atoms with Gasteiger partial charge in [0.25, 0.3) is 5.91 Å². The molecular weight excluding hydrogens is 368 g/mol. The Balaban J connectivity index is 1.72. The minimum Gasteiger partial charge on any atom is -0.322 e. The zero-order chi connectivity index (χ0) is 18.9. The maximum atomic E-state index is 12.4. The lowest BCUT2D eigenvalue weighted by molar-refractivity contribution is 0.102. The van der Waals surface area contributed by atoms with Crippen molar-refractivity contribution in [1.82, 2.24) is 0 Å². The first kappa shape index (κ1) is 18.4. The fourth-order valence-electron chi connectivity index (χ4n) is 2.23. The summed E-state index contributed by atoms with van der Waals surface area (Å²) in [6.45, 7) is 4.88. The number of rotatable bonds is 4. The van der Waals surface area contributed by atoms with Gasteiger partial charge in [-0.1, -0.05) is 6.07 Å². The van der Waals surface area contributed by atoms with E-state index in [4.69, 9.17) is 0 Å². The van der Waals surface area contributed by atoms with Crippen LogP contribution in [-0.2, 0) is 10.0 Å². The van der Waals surface area contributed by atoms with Gasteiger partial charge in [0.2, 0.25) is 10.0 Å². The minimum atomic E-state index is -3.50. The third kappa shape index (κ3) is 3.89. The normalized spacial score (nSPS) is 12.1. The third-order valence-corrected chi connectivity index (χ3v) is 6.92. The van der Waals surface area contributed by atoms with Gasteiger partial charge < -0.3 is 5.32 Å². The van der Waals surface area contributed by atoms with E-state index in [0.717, 1.165) is 15.8 Å². The van der Waals surface area contributed by atoms with Crippen molar-refractivity contribution >= 4 is 48.7 Å². The predicted molar refractivity (Wildman–Crippen MR) is 109 cm³/mol. The van der Waals surface area contributed by atoms with E-state index in [1.807, 2.05) is 29.6 Å². The van der Waals surface area contributed by atoms with Gasteiger partial charge in [-0.3, -0.25) is 9.52 Å². The molecule has 7 heteroatoms. The summed E-state index contributed by atoms with van der Waals surface area (Å²) in [4.78, 5) is 12.4.